The van der Waals surface area contributed by atoms with Gasteiger partial charge in [0.2, 0.25) is 0 Å². The average Bonchev–Trinajstić information content (AvgIpc) is 3.38. The normalized spacial score (nSPS) is 26.8. The minimum absolute atomic E-state index is 0.0118. The van der Waals surface area contributed by atoms with Crippen molar-refractivity contribution in [3.63, 3.8) is 0 Å². The average molecular weight is 473 g/mol. The van der Waals surface area contributed by atoms with Crippen LogP contribution in [0.4, 0.5) is 4.79 Å². The number of nitrogens with one attached hydrogen (secondary N) is 1. The van der Waals surface area contributed by atoms with Gasteiger partial charge in [0.1, 0.15) is 17.2 Å². The zero-order valence-electron chi connectivity index (χ0n) is 25.9. The second-order valence-electron chi connectivity index (χ2n) is 10.8. The molecular weight excluding hydrogens is 426 g/mol. The van der Waals surface area contributed by atoms with Crippen LogP contribution in [0.1, 0.15) is 109 Å². The summed E-state index contributed by atoms with van der Waals surface area (Å²) in [6.07, 6.45) is 2.37. The smallest absolute Gasteiger partial charge is 0.408 e. The summed E-state index contributed by atoms with van der Waals surface area (Å²) in [6.45, 7) is 5.26. The topological polar surface area (TPSA) is 72.3 Å². The molecule has 1 N–H and O–H groups in total. The summed E-state index contributed by atoms with van der Waals surface area (Å²) in [7, 11) is 0. The lowest BCUT2D eigenvalue weighted by Gasteiger charge is -2.40. The monoisotopic (exact) mass is 472 g/mol. The number of hydrogen-bond acceptors (Lipinski definition) is 5. The first-order valence-electron chi connectivity index (χ1n) is 14.8. The minimum atomic E-state index is -2.37. The standard InChI is InChI=1S/C27H41N5O2/c1-18(2)25-30-29-19(3)32(25)23-16-21-12-13-22(17-23)31(21)15-14-24(20-10-8-7-9-11-20)28-26(33)34-27(4,5)6/h7-11,18,21-24H,12-17H2,1-6H3,(H,28,33)/t21?,22?,23?,24-/m0/s1/i3D3,15D2. The van der Waals surface area contributed by atoms with E-state index in [2.05, 4.69) is 15.5 Å². The predicted octanol–water partition coefficient (Wildman–Crippen LogP) is 5.53. The first-order valence-corrected chi connectivity index (χ1v) is 12.3. The first kappa shape index (κ1) is 18.9. The second kappa shape index (κ2) is 10.1. The Balaban J connectivity index is 1.57. The molecule has 2 fully saturated rings. The van der Waals surface area contributed by atoms with E-state index in [4.69, 9.17) is 8.85 Å². The van der Waals surface area contributed by atoms with Crippen molar-refractivity contribution in [2.45, 2.75) is 109 Å². The number of alkyl carbamates (subject to hydrolysis) is 1. The number of aryl methyl sites for hydroxylation is 1. The van der Waals surface area contributed by atoms with Gasteiger partial charge in [-0.1, -0.05) is 44.2 Å². The van der Waals surface area contributed by atoms with Crippen LogP contribution in [0.3, 0.4) is 0 Å². The summed E-state index contributed by atoms with van der Waals surface area (Å²) in [5.74, 6) is 0.687. The third-order valence-electron chi connectivity index (χ3n) is 6.68. The second-order valence-corrected chi connectivity index (χ2v) is 10.8. The molecule has 2 unspecified atom stereocenters. The molecule has 2 bridgehead atoms. The Kier molecular flexibility index (Phi) is 5.58. The van der Waals surface area contributed by atoms with E-state index in [0.29, 0.717) is 18.7 Å². The molecule has 4 rings (SSSR count). The van der Waals surface area contributed by atoms with Crippen molar-refractivity contribution in [3.05, 3.63) is 47.5 Å². The van der Waals surface area contributed by atoms with Crippen molar-refractivity contribution in [1.29, 1.82) is 0 Å². The van der Waals surface area contributed by atoms with E-state index in [0.717, 1.165) is 18.4 Å². The number of aromatic nitrogens is 3. The maximum atomic E-state index is 12.7. The lowest BCUT2D eigenvalue weighted by molar-refractivity contribution is 0.0488. The Bertz CT molecular complexity index is 1130. The molecule has 1 amide bonds. The van der Waals surface area contributed by atoms with Gasteiger partial charge < -0.3 is 14.6 Å². The van der Waals surface area contributed by atoms with Crippen molar-refractivity contribution in [2.24, 2.45) is 0 Å². The highest BCUT2D eigenvalue weighted by atomic mass is 16.6. The molecule has 0 radical (unpaired) electrons. The third kappa shape index (κ3) is 5.62. The quantitative estimate of drug-likeness (QED) is 0.573. The van der Waals surface area contributed by atoms with Gasteiger partial charge in [0.25, 0.3) is 0 Å². The van der Waals surface area contributed by atoms with Gasteiger partial charge in [-0.25, -0.2) is 4.79 Å². The van der Waals surface area contributed by atoms with Crippen molar-refractivity contribution in [3.8, 4) is 0 Å². The molecule has 2 aliphatic heterocycles. The molecule has 0 saturated carbocycles. The summed E-state index contributed by atoms with van der Waals surface area (Å²) >= 11 is 0. The molecule has 186 valence electrons. The fraction of sp³-hybridized carbons (Fsp3) is 0.667. The van der Waals surface area contributed by atoms with E-state index in [-0.39, 0.29) is 36.3 Å². The number of piperidine rings is 1. The highest BCUT2D eigenvalue weighted by Gasteiger charge is 2.42. The molecule has 3 atom stereocenters. The van der Waals surface area contributed by atoms with Gasteiger partial charge in [0, 0.05) is 37.4 Å². The molecule has 1 aromatic carbocycles. The van der Waals surface area contributed by atoms with E-state index in [9.17, 15) is 7.54 Å². The van der Waals surface area contributed by atoms with Crippen molar-refractivity contribution in [2.75, 3.05) is 6.50 Å². The fourth-order valence-electron chi connectivity index (χ4n) is 5.26. The zero-order valence-corrected chi connectivity index (χ0v) is 20.9. The summed E-state index contributed by atoms with van der Waals surface area (Å²) in [5, 5.41) is 11.2. The summed E-state index contributed by atoms with van der Waals surface area (Å²) in [5.41, 5.74) is 0.137. The van der Waals surface area contributed by atoms with Crippen LogP contribution in [0.5, 0.6) is 0 Å². The molecule has 2 saturated heterocycles. The molecular formula is C27H41N5O2. The Hall–Kier alpha value is -2.41. The van der Waals surface area contributed by atoms with E-state index in [1.807, 2.05) is 53.6 Å². The number of carbonyl (C=O) groups is 1. The lowest BCUT2D eigenvalue weighted by atomic mass is 9.95. The van der Waals surface area contributed by atoms with Gasteiger partial charge in [0.05, 0.1) is 6.04 Å². The van der Waals surface area contributed by atoms with Crippen LogP contribution in [0, 0.1) is 6.85 Å². The summed E-state index contributed by atoms with van der Waals surface area (Å²) in [4.78, 5) is 14.7. The molecule has 3 heterocycles. The number of amides is 1. The number of fused-ring (bicyclic) bond motifs is 2. The largest absolute Gasteiger partial charge is 0.444 e. The highest BCUT2D eigenvalue weighted by molar-refractivity contribution is 5.68. The zero-order chi connectivity index (χ0) is 28.8. The maximum Gasteiger partial charge on any atom is 0.408 e. The number of rotatable bonds is 7. The van der Waals surface area contributed by atoms with Crippen LogP contribution < -0.4 is 5.32 Å². The predicted molar refractivity (Wildman–Crippen MR) is 134 cm³/mol. The highest BCUT2D eigenvalue weighted by Crippen LogP contribution is 2.42. The fourth-order valence-corrected chi connectivity index (χ4v) is 5.26. The van der Waals surface area contributed by atoms with E-state index >= 15 is 0 Å². The van der Waals surface area contributed by atoms with E-state index in [1.165, 1.54) is 0 Å². The molecule has 34 heavy (non-hydrogen) atoms. The van der Waals surface area contributed by atoms with Gasteiger partial charge in [-0.05, 0) is 65.3 Å². The lowest BCUT2D eigenvalue weighted by Crippen LogP contribution is -2.45. The van der Waals surface area contributed by atoms with E-state index < -0.39 is 31.1 Å². The summed E-state index contributed by atoms with van der Waals surface area (Å²) < 4.78 is 49.7. The number of nitrogens with zero attached hydrogens (tertiary/aromatic N) is 4. The maximum absolute atomic E-state index is 12.7. The Labute approximate surface area is 211 Å². The van der Waals surface area contributed by atoms with Gasteiger partial charge in [-0.15, -0.1) is 10.2 Å². The van der Waals surface area contributed by atoms with E-state index in [1.54, 1.807) is 20.8 Å². The molecule has 2 aliphatic rings. The van der Waals surface area contributed by atoms with Crippen LogP contribution in [0.2, 0.25) is 0 Å². The van der Waals surface area contributed by atoms with Crippen molar-refractivity contribution in [1.82, 2.24) is 25.0 Å². The van der Waals surface area contributed by atoms with Gasteiger partial charge in [-0.3, -0.25) is 4.90 Å². The molecule has 7 nitrogen and oxygen atoms in total. The molecule has 7 heteroatoms. The van der Waals surface area contributed by atoms with Crippen LogP contribution in [0.15, 0.2) is 30.3 Å². The minimum Gasteiger partial charge on any atom is -0.444 e. The van der Waals surface area contributed by atoms with Crippen molar-refractivity contribution >= 4 is 6.09 Å². The van der Waals surface area contributed by atoms with Gasteiger partial charge in [0.15, 0.2) is 0 Å². The van der Waals surface area contributed by atoms with Crippen LogP contribution >= 0.6 is 0 Å². The van der Waals surface area contributed by atoms with Gasteiger partial charge >= 0.3 is 6.09 Å². The van der Waals surface area contributed by atoms with Crippen LogP contribution in [-0.4, -0.2) is 49.9 Å². The number of carbonyl (C=O) groups excluding carboxylic acids is 1. The number of benzene rings is 1. The Morgan fingerprint density at radius 3 is 2.44 bits per heavy atom. The number of ether oxygens (including phenoxy) is 1. The SMILES string of the molecule is [2H]C([2H])([2H])c1nnc(C(C)C)n1C1CC2CCC(C1)N2C([2H])([2H])C[C@H](NC(=O)OC(C)(C)C)c1ccccc1. The number of hydrogen-bond donors (Lipinski definition) is 1. The van der Waals surface area contributed by atoms with Crippen molar-refractivity contribution < 1.29 is 16.4 Å². The Morgan fingerprint density at radius 1 is 1.18 bits per heavy atom. The summed E-state index contributed by atoms with van der Waals surface area (Å²) in [6, 6.07) is 8.58. The van der Waals surface area contributed by atoms with Crippen LogP contribution in [0.25, 0.3) is 0 Å². The third-order valence-corrected chi connectivity index (χ3v) is 6.68. The molecule has 2 aromatic rings. The van der Waals surface area contributed by atoms with Gasteiger partial charge in [-0.2, -0.15) is 0 Å². The first-order chi connectivity index (χ1) is 18.1. The Morgan fingerprint density at radius 2 is 1.85 bits per heavy atom. The van der Waals surface area contributed by atoms with Crippen LogP contribution in [-0.2, 0) is 4.74 Å². The molecule has 0 aliphatic carbocycles. The molecule has 0 spiro atoms. The molecule has 1 aromatic heterocycles.